The Kier molecular flexibility index (Phi) is 6.67. The summed E-state index contributed by atoms with van der Waals surface area (Å²) in [7, 11) is 0. The summed E-state index contributed by atoms with van der Waals surface area (Å²) in [4.78, 5) is 32.2. The number of morpholine rings is 1. The number of nitrogens with one attached hydrogen (secondary N) is 1. The molecule has 9 nitrogen and oxygen atoms in total. The lowest BCUT2D eigenvalue weighted by atomic mass is 9.77. The fraction of sp³-hybridized carbons (Fsp3) is 0.370. The van der Waals surface area contributed by atoms with E-state index in [2.05, 4.69) is 20.3 Å². The van der Waals surface area contributed by atoms with E-state index in [4.69, 9.17) is 9.72 Å². The molecule has 0 spiro atoms. The number of hydrogen-bond donors (Lipinski definition) is 1. The van der Waals surface area contributed by atoms with E-state index < -0.39 is 6.43 Å². The van der Waals surface area contributed by atoms with Crippen LogP contribution < -0.4 is 10.2 Å². The second-order valence-corrected chi connectivity index (χ2v) is 9.63. The predicted molar refractivity (Wildman–Crippen MR) is 138 cm³/mol. The number of imidazole rings is 1. The fourth-order valence-electron chi connectivity index (χ4n) is 5.07. The van der Waals surface area contributed by atoms with E-state index in [0.29, 0.717) is 67.0 Å². The molecule has 2 fully saturated rings. The number of carbonyl (C=O) groups excluding carboxylic acids is 1. The third-order valence-electron chi connectivity index (χ3n) is 7.02. The molecule has 3 aromatic heterocycles. The molecule has 0 amide bonds. The van der Waals surface area contributed by atoms with Crippen molar-refractivity contribution in [3.05, 3.63) is 66.2 Å². The van der Waals surface area contributed by atoms with Crippen LogP contribution in [0.4, 0.5) is 20.5 Å². The number of benzene rings is 1. The van der Waals surface area contributed by atoms with E-state index in [1.54, 1.807) is 48.7 Å². The average Bonchev–Trinajstić information content (AvgIpc) is 3.33. The Morgan fingerprint density at radius 2 is 1.84 bits per heavy atom. The van der Waals surface area contributed by atoms with Gasteiger partial charge in [-0.05, 0) is 43.0 Å². The maximum absolute atomic E-state index is 14.0. The number of rotatable bonds is 8. The minimum atomic E-state index is -2.77. The number of nitrogens with zero attached hydrogens (tertiary/aromatic N) is 6. The topological polar surface area (TPSA) is 98.1 Å². The van der Waals surface area contributed by atoms with Crippen LogP contribution in [0.2, 0.25) is 0 Å². The maximum Gasteiger partial charge on any atom is 0.296 e. The van der Waals surface area contributed by atoms with Gasteiger partial charge in [0, 0.05) is 37.8 Å². The van der Waals surface area contributed by atoms with Gasteiger partial charge in [0.05, 0.1) is 24.2 Å². The van der Waals surface area contributed by atoms with Crippen molar-refractivity contribution in [2.24, 2.45) is 5.92 Å². The van der Waals surface area contributed by atoms with Gasteiger partial charge in [0.25, 0.3) is 6.43 Å². The monoisotopic (exact) mass is 519 g/mol. The van der Waals surface area contributed by atoms with E-state index in [1.807, 2.05) is 11.0 Å². The Balaban J connectivity index is 1.26. The number of ketones is 1. The number of anilines is 2. The number of aromatic nitrogens is 5. The molecule has 4 heterocycles. The molecule has 1 saturated carbocycles. The zero-order valence-corrected chi connectivity index (χ0v) is 20.6. The van der Waals surface area contributed by atoms with Crippen molar-refractivity contribution in [3.63, 3.8) is 0 Å². The van der Waals surface area contributed by atoms with Crippen LogP contribution in [-0.2, 0) is 4.74 Å². The van der Waals surface area contributed by atoms with Crippen molar-refractivity contribution in [3.8, 4) is 5.82 Å². The number of carbonyl (C=O) groups is 1. The van der Waals surface area contributed by atoms with E-state index in [-0.39, 0.29) is 23.6 Å². The van der Waals surface area contributed by atoms with Crippen molar-refractivity contribution in [1.82, 2.24) is 24.5 Å². The summed E-state index contributed by atoms with van der Waals surface area (Å²) < 4.78 is 35.0. The molecule has 6 rings (SSSR count). The van der Waals surface area contributed by atoms with Crippen LogP contribution in [0.1, 0.15) is 42.0 Å². The van der Waals surface area contributed by atoms with Crippen molar-refractivity contribution in [2.45, 2.75) is 31.7 Å². The summed E-state index contributed by atoms with van der Waals surface area (Å²) in [6.07, 6.45) is 0.911. The van der Waals surface area contributed by atoms with Crippen LogP contribution in [0.5, 0.6) is 0 Å². The van der Waals surface area contributed by atoms with Gasteiger partial charge >= 0.3 is 0 Å². The Morgan fingerprint density at radius 3 is 2.61 bits per heavy atom. The molecule has 4 aromatic rings. The first-order chi connectivity index (χ1) is 18.5. The van der Waals surface area contributed by atoms with Crippen LogP contribution in [-0.4, -0.2) is 62.6 Å². The predicted octanol–water partition coefficient (Wildman–Crippen LogP) is 4.45. The number of pyridine rings is 1. The summed E-state index contributed by atoms with van der Waals surface area (Å²) >= 11 is 0. The molecule has 2 aliphatic rings. The third kappa shape index (κ3) is 4.93. The highest BCUT2D eigenvalue weighted by Crippen LogP contribution is 2.34. The fourth-order valence-corrected chi connectivity index (χ4v) is 5.07. The number of para-hydroxylation sites is 2. The van der Waals surface area contributed by atoms with Crippen LogP contribution in [0.3, 0.4) is 0 Å². The van der Waals surface area contributed by atoms with E-state index in [9.17, 15) is 13.6 Å². The molecule has 0 atom stereocenters. The Labute approximate surface area is 217 Å². The van der Waals surface area contributed by atoms with Gasteiger partial charge in [-0.3, -0.25) is 14.3 Å². The number of Topliss-reactive ketones (excluding diaryl/α,β-unsaturated/α-hetero) is 1. The quantitative estimate of drug-likeness (QED) is 0.341. The highest BCUT2D eigenvalue weighted by molar-refractivity contribution is 5.94. The standard InChI is InChI=1S/C27H27F2N7O2/c28-25(29)26-32-19-5-1-2-7-21(19)36(26)24-16-23(33-27(34-24)35-9-11-38-12-10-35)31-18-13-17(14-18)15-22(37)20-6-3-4-8-30-20/h1-8,16-18,25H,9-15H2,(H,31,33,34). The third-order valence-corrected chi connectivity index (χ3v) is 7.02. The molecule has 196 valence electrons. The summed E-state index contributed by atoms with van der Waals surface area (Å²) in [6, 6.07) is 14.2. The zero-order valence-electron chi connectivity index (χ0n) is 20.6. The molecular weight excluding hydrogens is 492 g/mol. The second kappa shape index (κ2) is 10.4. The first-order valence-corrected chi connectivity index (χ1v) is 12.7. The number of hydrogen-bond acceptors (Lipinski definition) is 8. The lowest BCUT2D eigenvalue weighted by Crippen LogP contribution is -2.39. The second-order valence-electron chi connectivity index (χ2n) is 9.63. The first kappa shape index (κ1) is 24.4. The molecule has 38 heavy (non-hydrogen) atoms. The van der Waals surface area contributed by atoms with E-state index in [0.717, 1.165) is 12.8 Å². The van der Waals surface area contributed by atoms with Gasteiger partial charge in [-0.25, -0.2) is 13.8 Å². The average molecular weight is 520 g/mol. The minimum absolute atomic E-state index is 0.0412. The SMILES string of the molecule is O=C(CC1CC(Nc2cc(-n3c(C(F)F)nc4ccccc43)nc(N3CCOCC3)n2)C1)c1ccccn1. The molecule has 1 saturated heterocycles. The van der Waals surface area contributed by atoms with Crippen LogP contribution in [0.15, 0.2) is 54.7 Å². The van der Waals surface area contributed by atoms with Crippen LogP contribution in [0, 0.1) is 5.92 Å². The Bertz CT molecular complexity index is 1430. The number of alkyl halides is 2. The van der Waals surface area contributed by atoms with E-state index >= 15 is 0 Å². The van der Waals surface area contributed by atoms with Gasteiger partial charge < -0.3 is 15.0 Å². The first-order valence-electron chi connectivity index (χ1n) is 12.7. The van der Waals surface area contributed by atoms with Crippen molar-refractivity contribution in [1.29, 1.82) is 0 Å². The van der Waals surface area contributed by atoms with Gasteiger partial charge in [0.1, 0.15) is 17.3 Å². The molecule has 1 aromatic carbocycles. The van der Waals surface area contributed by atoms with Gasteiger partial charge in [-0.15, -0.1) is 0 Å². The molecule has 11 heteroatoms. The molecular formula is C27H27F2N7O2. The van der Waals surface area contributed by atoms with Gasteiger partial charge in [-0.1, -0.05) is 18.2 Å². The highest BCUT2D eigenvalue weighted by Gasteiger charge is 2.32. The van der Waals surface area contributed by atoms with Crippen LogP contribution in [0.25, 0.3) is 16.9 Å². The summed E-state index contributed by atoms with van der Waals surface area (Å²) in [5.41, 5.74) is 1.52. The smallest absolute Gasteiger partial charge is 0.296 e. The van der Waals surface area contributed by atoms with Gasteiger partial charge in [-0.2, -0.15) is 9.97 Å². The molecule has 1 N–H and O–H groups in total. The lowest BCUT2D eigenvalue weighted by Gasteiger charge is -2.36. The number of ether oxygens (including phenoxy) is 1. The van der Waals surface area contributed by atoms with Gasteiger partial charge in [0.15, 0.2) is 11.6 Å². The normalized spacial score (nSPS) is 19.5. The minimum Gasteiger partial charge on any atom is -0.378 e. The maximum atomic E-state index is 14.0. The molecule has 0 unspecified atom stereocenters. The lowest BCUT2D eigenvalue weighted by molar-refractivity contribution is 0.0926. The van der Waals surface area contributed by atoms with Crippen molar-refractivity contribution < 1.29 is 18.3 Å². The Hall–Kier alpha value is -3.99. The molecule has 1 aliphatic carbocycles. The van der Waals surface area contributed by atoms with Crippen LogP contribution >= 0.6 is 0 Å². The van der Waals surface area contributed by atoms with Crippen molar-refractivity contribution >= 4 is 28.6 Å². The molecule has 0 radical (unpaired) electrons. The largest absolute Gasteiger partial charge is 0.378 e. The van der Waals surface area contributed by atoms with Gasteiger partial charge in [0.2, 0.25) is 5.95 Å². The highest BCUT2D eigenvalue weighted by atomic mass is 19.3. The number of halogens is 2. The van der Waals surface area contributed by atoms with E-state index in [1.165, 1.54) is 4.57 Å². The zero-order chi connectivity index (χ0) is 26.1. The molecule has 0 bridgehead atoms. The summed E-state index contributed by atoms with van der Waals surface area (Å²) in [5.74, 6) is 1.26. The number of fused-ring (bicyclic) bond motifs is 1. The summed E-state index contributed by atoms with van der Waals surface area (Å²) in [6.45, 7) is 2.30. The van der Waals surface area contributed by atoms with Crippen molar-refractivity contribution in [2.75, 3.05) is 36.5 Å². The Morgan fingerprint density at radius 1 is 1.05 bits per heavy atom. The molecule has 1 aliphatic heterocycles. The summed E-state index contributed by atoms with van der Waals surface area (Å²) in [5, 5.41) is 3.44.